The normalized spacial score (nSPS) is 10.5. The summed E-state index contributed by atoms with van der Waals surface area (Å²) in [7, 11) is 1.86. The van der Waals surface area contributed by atoms with Gasteiger partial charge in [0.15, 0.2) is 0 Å². The topological polar surface area (TPSA) is 41.6 Å². The molecule has 0 N–H and O–H groups in total. The number of nitrogens with zero attached hydrogens (tertiary/aromatic N) is 3. The van der Waals surface area contributed by atoms with Crippen molar-refractivity contribution in [1.82, 2.24) is 9.55 Å². The summed E-state index contributed by atoms with van der Waals surface area (Å²) >= 11 is 0. The summed E-state index contributed by atoms with van der Waals surface area (Å²) in [6.07, 6.45) is 1.60. The van der Waals surface area contributed by atoms with Crippen molar-refractivity contribution in [1.29, 1.82) is 5.26 Å². The van der Waals surface area contributed by atoms with Crippen molar-refractivity contribution in [2.75, 3.05) is 0 Å². The maximum Gasteiger partial charge on any atom is 0.140 e. The van der Waals surface area contributed by atoms with Crippen LogP contribution in [-0.4, -0.2) is 9.55 Å². The average molecular weight is 225 g/mol. The van der Waals surface area contributed by atoms with E-state index in [1.165, 1.54) is 5.56 Å². The Morgan fingerprint density at radius 3 is 2.35 bits per heavy atom. The molecule has 86 valence electrons. The van der Waals surface area contributed by atoms with Crippen LogP contribution in [0.4, 0.5) is 0 Å². The van der Waals surface area contributed by atoms with Gasteiger partial charge >= 0.3 is 0 Å². The number of nitriles is 1. The number of hydrogen-bond acceptors (Lipinski definition) is 2. The molecule has 0 spiro atoms. The standard InChI is InChI=1S/C14H15N3/c1-10(2)11-4-6-12(7-5-11)14-16-9-13(8-15)17(14)3/h4-7,9-10H,1-3H3. The summed E-state index contributed by atoms with van der Waals surface area (Å²) in [5.74, 6) is 1.36. The fourth-order valence-electron chi connectivity index (χ4n) is 1.80. The summed E-state index contributed by atoms with van der Waals surface area (Å²) in [5.41, 5.74) is 2.93. The van der Waals surface area contributed by atoms with Gasteiger partial charge in [-0.3, -0.25) is 0 Å². The molecule has 0 aliphatic carbocycles. The number of rotatable bonds is 2. The van der Waals surface area contributed by atoms with Crippen LogP contribution in [0.25, 0.3) is 11.4 Å². The molecule has 2 rings (SSSR count). The summed E-state index contributed by atoms with van der Waals surface area (Å²) in [4.78, 5) is 4.27. The van der Waals surface area contributed by atoms with Crippen molar-refractivity contribution < 1.29 is 0 Å². The molecular formula is C14H15N3. The van der Waals surface area contributed by atoms with Gasteiger partial charge in [-0.15, -0.1) is 0 Å². The van der Waals surface area contributed by atoms with E-state index < -0.39 is 0 Å². The largest absolute Gasteiger partial charge is 0.319 e. The van der Waals surface area contributed by atoms with Crippen molar-refractivity contribution in [3.05, 3.63) is 41.7 Å². The molecule has 1 aromatic heterocycles. The molecule has 0 aliphatic heterocycles. The maximum atomic E-state index is 8.88. The Morgan fingerprint density at radius 2 is 1.88 bits per heavy atom. The van der Waals surface area contributed by atoms with Gasteiger partial charge in [0, 0.05) is 12.6 Å². The maximum absolute atomic E-state index is 8.88. The first kappa shape index (κ1) is 11.4. The molecule has 0 bridgehead atoms. The van der Waals surface area contributed by atoms with Gasteiger partial charge in [0.25, 0.3) is 0 Å². The molecule has 0 unspecified atom stereocenters. The van der Waals surface area contributed by atoms with Gasteiger partial charge in [-0.1, -0.05) is 38.1 Å². The van der Waals surface area contributed by atoms with Crippen LogP contribution in [0.1, 0.15) is 31.0 Å². The molecule has 17 heavy (non-hydrogen) atoms. The van der Waals surface area contributed by atoms with Gasteiger partial charge in [0.05, 0.1) is 6.20 Å². The highest BCUT2D eigenvalue weighted by molar-refractivity contribution is 5.57. The summed E-state index contributed by atoms with van der Waals surface area (Å²) in [5, 5.41) is 8.88. The first-order valence-corrected chi connectivity index (χ1v) is 5.65. The molecule has 0 saturated heterocycles. The highest BCUT2D eigenvalue weighted by atomic mass is 15.1. The third-order valence-electron chi connectivity index (χ3n) is 2.94. The van der Waals surface area contributed by atoms with Crippen molar-refractivity contribution >= 4 is 0 Å². The zero-order valence-electron chi connectivity index (χ0n) is 10.3. The van der Waals surface area contributed by atoms with E-state index in [1.54, 1.807) is 6.20 Å². The molecule has 1 heterocycles. The van der Waals surface area contributed by atoms with Crippen molar-refractivity contribution in [3.63, 3.8) is 0 Å². The second kappa shape index (κ2) is 4.42. The minimum absolute atomic E-state index is 0.528. The highest BCUT2D eigenvalue weighted by Gasteiger charge is 2.08. The molecule has 3 nitrogen and oxygen atoms in total. The lowest BCUT2D eigenvalue weighted by Crippen LogP contribution is -1.95. The van der Waals surface area contributed by atoms with E-state index in [4.69, 9.17) is 5.26 Å². The number of benzene rings is 1. The van der Waals surface area contributed by atoms with Crippen molar-refractivity contribution in [2.24, 2.45) is 7.05 Å². The molecule has 0 amide bonds. The quantitative estimate of drug-likeness (QED) is 0.788. The third-order valence-corrected chi connectivity index (χ3v) is 2.94. The van der Waals surface area contributed by atoms with Gasteiger partial charge in [0.1, 0.15) is 17.6 Å². The molecule has 0 atom stereocenters. The molecule has 0 radical (unpaired) electrons. The Morgan fingerprint density at radius 1 is 1.24 bits per heavy atom. The SMILES string of the molecule is CC(C)c1ccc(-c2ncc(C#N)n2C)cc1. The Hall–Kier alpha value is -2.08. The van der Waals surface area contributed by atoms with E-state index in [0.717, 1.165) is 11.4 Å². The molecule has 1 aromatic carbocycles. The van der Waals surface area contributed by atoms with Crippen molar-refractivity contribution in [3.8, 4) is 17.5 Å². The van der Waals surface area contributed by atoms with E-state index in [1.807, 2.05) is 11.6 Å². The van der Waals surface area contributed by atoms with Gasteiger partial charge < -0.3 is 4.57 Å². The second-order valence-electron chi connectivity index (χ2n) is 4.41. The number of aromatic nitrogens is 2. The number of hydrogen-bond donors (Lipinski definition) is 0. The third kappa shape index (κ3) is 2.07. The Labute approximate surface area is 101 Å². The van der Waals surface area contributed by atoms with Crippen molar-refractivity contribution in [2.45, 2.75) is 19.8 Å². The monoisotopic (exact) mass is 225 g/mol. The van der Waals surface area contributed by atoms with Gasteiger partial charge in [-0.25, -0.2) is 4.98 Å². The van der Waals surface area contributed by atoms with Gasteiger partial charge in [-0.2, -0.15) is 5.26 Å². The van der Waals surface area contributed by atoms with E-state index in [2.05, 4.69) is 49.2 Å². The minimum atomic E-state index is 0.528. The van der Waals surface area contributed by atoms with Crippen LogP contribution in [0.3, 0.4) is 0 Å². The Balaban J connectivity index is 2.40. The minimum Gasteiger partial charge on any atom is -0.319 e. The first-order chi connectivity index (χ1) is 8.13. The summed E-state index contributed by atoms with van der Waals surface area (Å²) in [6.45, 7) is 4.34. The van der Waals surface area contributed by atoms with Crippen LogP contribution < -0.4 is 0 Å². The lowest BCUT2D eigenvalue weighted by Gasteiger charge is -2.07. The Kier molecular flexibility index (Phi) is 2.97. The van der Waals surface area contributed by atoms with E-state index in [0.29, 0.717) is 11.6 Å². The Bertz CT molecular complexity index is 556. The predicted octanol–water partition coefficient (Wildman–Crippen LogP) is 3.08. The van der Waals surface area contributed by atoms with Crippen LogP contribution in [-0.2, 0) is 7.05 Å². The predicted molar refractivity (Wildman–Crippen MR) is 67.4 cm³/mol. The lowest BCUT2D eigenvalue weighted by molar-refractivity contribution is 0.865. The van der Waals surface area contributed by atoms with Crippen LogP contribution in [0.15, 0.2) is 30.5 Å². The molecule has 0 saturated carbocycles. The first-order valence-electron chi connectivity index (χ1n) is 5.65. The molecule has 3 heteroatoms. The fourth-order valence-corrected chi connectivity index (χ4v) is 1.80. The lowest BCUT2D eigenvalue weighted by atomic mass is 10.0. The fraction of sp³-hybridized carbons (Fsp3) is 0.286. The zero-order valence-corrected chi connectivity index (χ0v) is 10.3. The average Bonchev–Trinajstić information content (AvgIpc) is 2.70. The summed E-state index contributed by atoms with van der Waals surface area (Å²) in [6, 6.07) is 10.4. The van der Waals surface area contributed by atoms with Gasteiger partial charge in [0.2, 0.25) is 0 Å². The van der Waals surface area contributed by atoms with E-state index >= 15 is 0 Å². The van der Waals surface area contributed by atoms with Gasteiger partial charge in [-0.05, 0) is 11.5 Å². The number of imidazole rings is 1. The van der Waals surface area contributed by atoms with E-state index in [-0.39, 0.29) is 0 Å². The van der Waals surface area contributed by atoms with Crippen LogP contribution in [0.5, 0.6) is 0 Å². The molecule has 2 aromatic rings. The second-order valence-corrected chi connectivity index (χ2v) is 4.41. The van der Waals surface area contributed by atoms with E-state index in [9.17, 15) is 0 Å². The molecule has 0 aliphatic rings. The molecule has 0 fully saturated rings. The van der Waals surface area contributed by atoms with Crippen LogP contribution in [0, 0.1) is 11.3 Å². The van der Waals surface area contributed by atoms with Crippen LogP contribution in [0.2, 0.25) is 0 Å². The van der Waals surface area contributed by atoms with Crippen LogP contribution >= 0.6 is 0 Å². The molecular weight excluding hydrogens is 210 g/mol. The summed E-state index contributed by atoms with van der Waals surface area (Å²) < 4.78 is 1.81. The highest BCUT2D eigenvalue weighted by Crippen LogP contribution is 2.21. The zero-order chi connectivity index (χ0) is 12.4. The smallest absolute Gasteiger partial charge is 0.140 e.